The number of anilines is 1. The van der Waals surface area contributed by atoms with Crippen molar-refractivity contribution in [2.45, 2.75) is 20.0 Å². The first kappa shape index (κ1) is 15.9. The highest BCUT2D eigenvalue weighted by molar-refractivity contribution is 5.88. The molecule has 0 unspecified atom stereocenters. The Morgan fingerprint density at radius 3 is 2.50 bits per heavy atom. The maximum absolute atomic E-state index is 11.7. The van der Waals surface area contributed by atoms with Gasteiger partial charge in [-0.05, 0) is 13.8 Å². The molecule has 0 aliphatic heterocycles. The maximum atomic E-state index is 11.7. The van der Waals surface area contributed by atoms with Crippen molar-refractivity contribution in [1.29, 1.82) is 0 Å². The van der Waals surface area contributed by atoms with Crippen LogP contribution in [0.5, 0.6) is 0 Å². The summed E-state index contributed by atoms with van der Waals surface area (Å²) in [6.45, 7) is 4.83. The first-order valence-corrected chi connectivity index (χ1v) is 7.19. The number of nitrogens with zero attached hydrogens (tertiary/aromatic N) is 2. The Hall–Kier alpha value is -2.47. The molecule has 0 radical (unpaired) electrons. The number of aromatic nitrogens is 2. The molecule has 0 fully saturated rings. The lowest BCUT2D eigenvalue weighted by Crippen LogP contribution is -2.32. The van der Waals surface area contributed by atoms with Crippen molar-refractivity contribution in [2.24, 2.45) is 0 Å². The van der Waals surface area contributed by atoms with E-state index >= 15 is 0 Å². The van der Waals surface area contributed by atoms with Crippen LogP contribution in [0.1, 0.15) is 13.8 Å². The van der Waals surface area contributed by atoms with Gasteiger partial charge in [-0.1, -0.05) is 30.3 Å². The molecular formula is C16H20N4O2. The molecule has 2 rings (SSSR count). The molecule has 1 aromatic carbocycles. The summed E-state index contributed by atoms with van der Waals surface area (Å²) in [5.74, 6) is 0.622. The number of benzene rings is 1. The molecule has 116 valence electrons. The number of carbonyl (C=O) groups is 1. The van der Waals surface area contributed by atoms with E-state index in [4.69, 9.17) is 4.74 Å². The molecule has 22 heavy (non-hydrogen) atoms. The predicted molar refractivity (Wildman–Crippen MR) is 85.6 cm³/mol. The monoisotopic (exact) mass is 300 g/mol. The molecular weight excluding hydrogens is 280 g/mol. The molecule has 0 spiro atoms. The van der Waals surface area contributed by atoms with Gasteiger partial charge in [0.25, 0.3) is 0 Å². The van der Waals surface area contributed by atoms with Gasteiger partial charge in [0.05, 0.1) is 30.8 Å². The number of nitrogens with one attached hydrogen (secondary N) is 2. The van der Waals surface area contributed by atoms with Crippen molar-refractivity contribution in [1.82, 2.24) is 15.3 Å². The Bertz CT molecular complexity index is 585. The van der Waals surface area contributed by atoms with Crippen LogP contribution in [0.2, 0.25) is 0 Å². The van der Waals surface area contributed by atoms with Crippen LogP contribution in [0.4, 0.5) is 10.5 Å². The van der Waals surface area contributed by atoms with Gasteiger partial charge in [-0.15, -0.1) is 0 Å². The fourth-order valence-corrected chi connectivity index (χ4v) is 1.76. The van der Waals surface area contributed by atoms with Gasteiger partial charge >= 0.3 is 6.03 Å². The van der Waals surface area contributed by atoms with Crippen LogP contribution in [-0.4, -0.2) is 35.3 Å². The van der Waals surface area contributed by atoms with Crippen LogP contribution in [0, 0.1) is 0 Å². The third kappa shape index (κ3) is 5.14. The van der Waals surface area contributed by atoms with Crippen LogP contribution in [-0.2, 0) is 4.74 Å². The summed E-state index contributed by atoms with van der Waals surface area (Å²) in [6.07, 6.45) is 3.32. The van der Waals surface area contributed by atoms with Gasteiger partial charge < -0.3 is 15.4 Å². The number of hydrogen-bond acceptors (Lipinski definition) is 4. The second kappa shape index (κ2) is 8.09. The molecule has 6 nitrogen and oxygen atoms in total. The first-order valence-electron chi connectivity index (χ1n) is 7.19. The summed E-state index contributed by atoms with van der Waals surface area (Å²) in [7, 11) is 0. The normalized spacial score (nSPS) is 10.5. The Morgan fingerprint density at radius 1 is 1.18 bits per heavy atom. The molecule has 0 aliphatic rings. The smallest absolute Gasteiger partial charge is 0.319 e. The van der Waals surface area contributed by atoms with Gasteiger partial charge in [0.15, 0.2) is 5.82 Å². The highest BCUT2D eigenvalue weighted by Crippen LogP contribution is 2.14. The summed E-state index contributed by atoms with van der Waals surface area (Å²) in [4.78, 5) is 20.2. The minimum Gasteiger partial charge on any atom is -0.377 e. The Morgan fingerprint density at radius 2 is 1.86 bits per heavy atom. The van der Waals surface area contributed by atoms with Crippen LogP contribution in [0.25, 0.3) is 11.4 Å². The molecule has 0 saturated heterocycles. The van der Waals surface area contributed by atoms with Crippen molar-refractivity contribution < 1.29 is 9.53 Å². The summed E-state index contributed by atoms with van der Waals surface area (Å²) in [5, 5.41) is 5.38. The van der Waals surface area contributed by atoms with E-state index in [-0.39, 0.29) is 12.1 Å². The molecule has 0 bridgehead atoms. The fraction of sp³-hybridized carbons (Fsp3) is 0.312. The maximum Gasteiger partial charge on any atom is 0.319 e. The van der Waals surface area contributed by atoms with E-state index in [0.717, 1.165) is 5.56 Å². The average molecular weight is 300 g/mol. The zero-order chi connectivity index (χ0) is 15.8. The summed E-state index contributed by atoms with van der Waals surface area (Å²) in [6, 6.07) is 9.36. The molecule has 6 heteroatoms. The van der Waals surface area contributed by atoms with Crippen LogP contribution in [0.15, 0.2) is 42.7 Å². The second-order valence-corrected chi connectivity index (χ2v) is 4.96. The number of rotatable bonds is 6. The third-order valence-electron chi connectivity index (χ3n) is 2.78. The van der Waals surface area contributed by atoms with Crippen molar-refractivity contribution in [3.8, 4) is 11.4 Å². The van der Waals surface area contributed by atoms with E-state index in [0.29, 0.717) is 24.7 Å². The van der Waals surface area contributed by atoms with Crippen molar-refractivity contribution >= 4 is 11.7 Å². The van der Waals surface area contributed by atoms with Crippen molar-refractivity contribution in [3.05, 3.63) is 42.7 Å². The lowest BCUT2D eigenvalue weighted by Gasteiger charge is -2.09. The van der Waals surface area contributed by atoms with Crippen molar-refractivity contribution in [2.75, 3.05) is 18.5 Å². The molecule has 0 atom stereocenters. The summed E-state index contributed by atoms with van der Waals surface area (Å²) >= 11 is 0. The average Bonchev–Trinajstić information content (AvgIpc) is 2.53. The number of urea groups is 1. The van der Waals surface area contributed by atoms with E-state index in [9.17, 15) is 4.79 Å². The largest absolute Gasteiger partial charge is 0.377 e. The molecule has 0 saturated carbocycles. The van der Waals surface area contributed by atoms with E-state index in [1.54, 1.807) is 12.4 Å². The van der Waals surface area contributed by atoms with Crippen LogP contribution < -0.4 is 10.6 Å². The van der Waals surface area contributed by atoms with Crippen molar-refractivity contribution in [3.63, 3.8) is 0 Å². The quantitative estimate of drug-likeness (QED) is 0.804. The third-order valence-corrected chi connectivity index (χ3v) is 2.78. The Balaban J connectivity index is 1.82. The predicted octanol–water partition coefficient (Wildman–Crippen LogP) is 2.69. The summed E-state index contributed by atoms with van der Waals surface area (Å²) in [5.41, 5.74) is 1.48. The van der Waals surface area contributed by atoms with Gasteiger partial charge in [0.2, 0.25) is 0 Å². The molecule has 1 aromatic heterocycles. The highest BCUT2D eigenvalue weighted by atomic mass is 16.5. The molecule has 2 N–H and O–H groups in total. The van der Waals surface area contributed by atoms with E-state index in [1.807, 2.05) is 44.2 Å². The standard InChI is InChI=1S/C16H20N4O2/c1-12(2)22-9-8-17-16(21)20-14-10-18-15(19-11-14)13-6-4-3-5-7-13/h3-7,10-12H,8-9H2,1-2H3,(H2,17,20,21). The lowest BCUT2D eigenvalue weighted by molar-refractivity contribution is 0.0820. The number of ether oxygens (including phenoxy) is 1. The van der Waals surface area contributed by atoms with Crippen LogP contribution in [0.3, 0.4) is 0 Å². The first-order chi connectivity index (χ1) is 10.6. The minimum atomic E-state index is -0.302. The summed E-state index contributed by atoms with van der Waals surface area (Å²) < 4.78 is 5.34. The fourth-order valence-electron chi connectivity index (χ4n) is 1.76. The number of hydrogen-bond donors (Lipinski definition) is 2. The van der Waals surface area contributed by atoms with Gasteiger partial charge in [0, 0.05) is 12.1 Å². The van der Waals surface area contributed by atoms with Gasteiger partial charge in [-0.2, -0.15) is 0 Å². The second-order valence-electron chi connectivity index (χ2n) is 4.96. The zero-order valence-electron chi connectivity index (χ0n) is 12.7. The number of amides is 2. The molecule has 2 amide bonds. The number of carbonyl (C=O) groups excluding carboxylic acids is 1. The minimum absolute atomic E-state index is 0.156. The SMILES string of the molecule is CC(C)OCCNC(=O)Nc1cnc(-c2ccccc2)nc1. The topological polar surface area (TPSA) is 76.1 Å². The van der Waals surface area contributed by atoms with E-state index < -0.39 is 0 Å². The Kier molecular flexibility index (Phi) is 5.85. The van der Waals surface area contributed by atoms with E-state index in [1.165, 1.54) is 0 Å². The van der Waals surface area contributed by atoms with Gasteiger partial charge in [-0.3, -0.25) is 0 Å². The van der Waals surface area contributed by atoms with E-state index in [2.05, 4.69) is 20.6 Å². The lowest BCUT2D eigenvalue weighted by atomic mass is 10.2. The molecule has 2 aromatic rings. The van der Waals surface area contributed by atoms with Crippen LogP contribution >= 0.6 is 0 Å². The van der Waals surface area contributed by atoms with Gasteiger partial charge in [-0.25, -0.2) is 14.8 Å². The molecule has 1 heterocycles. The zero-order valence-corrected chi connectivity index (χ0v) is 12.7. The highest BCUT2D eigenvalue weighted by Gasteiger charge is 2.04. The van der Waals surface area contributed by atoms with Gasteiger partial charge in [0.1, 0.15) is 0 Å². The Labute approximate surface area is 129 Å². The molecule has 0 aliphatic carbocycles.